The smallest absolute Gasteiger partial charge is 0.274 e. The van der Waals surface area contributed by atoms with Crippen molar-refractivity contribution in [1.29, 1.82) is 0 Å². The van der Waals surface area contributed by atoms with Crippen LogP contribution in [0.25, 0.3) is 0 Å². The third kappa shape index (κ3) is 2.34. The average molecular weight is 211 g/mol. The minimum absolute atomic E-state index is 0.153. The minimum atomic E-state index is -0.183. The molecule has 1 amide bonds. The van der Waals surface area contributed by atoms with Gasteiger partial charge in [0.2, 0.25) is 5.96 Å². The van der Waals surface area contributed by atoms with Crippen molar-refractivity contribution >= 4 is 11.9 Å². The second-order valence-electron chi connectivity index (χ2n) is 3.23. The zero-order valence-corrected chi connectivity index (χ0v) is 8.45. The Balaban J connectivity index is 2.03. The molecule has 0 bridgehead atoms. The molecule has 0 saturated carbocycles. The number of guanidine groups is 1. The van der Waals surface area contributed by atoms with Crippen LogP contribution in [-0.2, 0) is 14.6 Å². The van der Waals surface area contributed by atoms with E-state index in [0.29, 0.717) is 24.8 Å². The number of nitrogens with one attached hydrogen (secondary N) is 2. The summed E-state index contributed by atoms with van der Waals surface area (Å²) in [6.45, 7) is 3.08. The van der Waals surface area contributed by atoms with Crippen molar-refractivity contribution in [2.45, 2.75) is 19.4 Å². The number of rotatable bonds is 2. The van der Waals surface area contributed by atoms with Gasteiger partial charge in [0, 0.05) is 13.0 Å². The Hall–Kier alpha value is -1.40. The maximum absolute atomic E-state index is 11.4. The number of hydrogen-bond acceptors (Lipinski definition) is 4. The van der Waals surface area contributed by atoms with E-state index in [2.05, 4.69) is 15.6 Å². The molecule has 2 saturated heterocycles. The zero-order chi connectivity index (χ0) is 10.7. The molecule has 0 aromatic rings. The van der Waals surface area contributed by atoms with E-state index in [9.17, 15) is 4.79 Å². The maximum Gasteiger partial charge on any atom is 0.274 e. The first kappa shape index (κ1) is 10.1. The Morgan fingerprint density at radius 1 is 1.60 bits per heavy atom. The number of nitrogens with zero attached hydrogens (tertiary/aromatic N) is 1. The van der Waals surface area contributed by atoms with Crippen LogP contribution in [0, 0.1) is 0 Å². The fraction of sp³-hybridized carbons (Fsp3) is 0.556. The van der Waals surface area contributed by atoms with Crippen molar-refractivity contribution in [2.24, 2.45) is 4.99 Å². The number of aliphatic imine (C=N–C) groups is 1. The van der Waals surface area contributed by atoms with Crippen LogP contribution in [0.4, 0.5) is 0 Å². The molecule has 0 aliphatic carbocycles. The van der Waals surface area contributed by atoms with Gasteiger partial charge in [-0.1, -0.05) is 0 Å². The van der Waals surface area contributed by atoms with Crippen LogP contribution in [0.1, 0.15) is 13.3 Å². The fourth-order valence-corrected chi connectivity index (χ4v) is 1.39. The van der Waals surface area contributed by atoms with Gasteiger partial charge in [0.05, 0.1) is 6.61 Å². The summed E-state index contributed by atoms with van der Waals surface area (Å²) in [4.78, 5) is 25.2. The predicted octanol–water partition coefficient (Wildman–Crippen LogP) is -0.314. The second-order valence-corrected chi connectivity index (χ2v) is 3.23. The molecule has 2 aliphatic rings. The van der Waals surface area contributed by atoms with E-state index in [1.807, 2.05) is 6.92 Å². The lowest BCUT2D eigenvalue weighted by molar-refractivity contribution is -0.265. The number of hydrogen-bond donors (Lipinski definition) is 2. The van der Waals surface area contributed by atoms with Gasteiger partial charge in [-0.3, -0.25) is 15.1 Å². The van der Waals surface area contributed by atoms with E-state index in [0.717, 1.165) is 6.42 Å². The van der Waals surface area contributed by atoms with Crippen LogP contribution in [-0.4, -0.2) is 31.1 Å². The van der Waals surface area contributed by atoms with Crippen molar-refractivity contribution in [2.75, 3.05) is 13.2 Å². The second kappa shape index (κ2) is 4.41. The van der Waals surface area contributed by atoms with E-state index >= 15 is 0 Å². The molecule has 1 unspecified atom stereocenters. The Labute approximate surface area is 87.3 Å². The first-order chi connectivity index (χ1) is 7.29. The Kier molecular flexibility index (Phi) is 2.98. The lowest BCUT2D eigenvalue weighted by atomic mass is 10.2. The molecule has 1 atom stereocenters. The van der Waals surface area contributed by atoms with Gasteiger partial charge >= 0.3 is 0 Å². The normalized spacial score (nSPS) is 31.0. The number of carbonyl (C=O) groups excluding carboxylic acids is 1. The summed E-state index contributed by atoms with van der Waals surface area (Å²) in [5.74, 6) is 0.311. The van der Waals surface area contributed by atoms with Gasteiger partial charge in [-0.15, -0.1) is 0 Å². The molecule has 82 valence electrons. The standard InChI is InChI=1S/C9H13N3O3/c1-2-10-9-11-7(8(13)12-9)5-6-3-4-14-15-6/h5-6H,2-4H2,1H3,(H2,10,11,12,13). The predicted molar refractivity (Wildman–Crippen MR) is 52.8 cm³/mol. The van der Waals surface area contributed by atoms with E-state index in [4.69, 9.17) is 9.78 Å². The molecule has 6 nitrogen and oxygen atoms in total. The van der Waals surface area contributed by atoms with Gasteiger partial charge < -0.3 is 5.32 Å². The Bertz CT molecular complexity index is 319. The summed E-state index contributed by atoms with van der Waals surface area (Å²) in [6.07, 6.45) is 2.32. The lowest BCUT2D eigenvalue weighted by Gasteiger charge is -2.00. The number of carbonyl (C=O) groups is 1. The zero-order valence-electron chi connectivity index (χ0n) is 8.45. The molecule has 6 heteroatoms. The molecule has 2 N–H and O–H groups in total. The summed E-state index contributed by atoms with van der Waals surface area (Å²) < 4.78 is 0. The molecule has 2 aliphatic heterocycles. The highest BCUT2D eigenvalue weighted by atomic mass is 17.2. The Morgan fingerprint density at radius 3 is 3.13 bits per heavy atom. The molecule has 0 aromatic carbocycles. The molecule has 0 spiro atoms. The molecular weight excluding hydrogens is 198 g/mol. The van der Waals surface area contributed by atoms with Crippen molar-refractivity contribution in [3.63, 3.8) is 0 Å². The van der Waals surface area contributed by atoms with Crippen molar-refractivity contribution in [3.05, 3.63) is 11.8 Å². The quantitative estimate of drug-likeness (QED) is 0.485. The van der Waals surface area contributed by atoms with Gasteiger partial charge in [0.25, 0.3) is 5.91 Å². The van der Waals surface area contributed by atoms with E-state index in [1.54, 1.807) is 6.08 Å². The van der Waals surface area contributed by atoms with Crippen LogP contribution >= 0.6 is 0 Å². The summed E-state index contributed by atoms with van der Waals surface area (Å²) in [5.41, 5.74) is 0.470. The fourth-order valence-electron chi connectivity index (χ4n) is 1.39. The summed E-state index contributed by atoms with van der Waals surface area (Å²) in [6, 6.07) is 0. The van der Waals surface area contributed by atoms with E-state index < -0.39 is 0 Å². The monoisotopic (exact) mass is 211 g/mol. The SMILES string of the molecule is CCN=C1NC(=O)C(=CC2CCOO2)N1. The third-order valence-electron chi connectivity index (χ3n) is 2.08. The van der Waals surface area contributed by atoms with Crippen LogP contribution in [0.5, 0.6) is 0 Å². The molecule has 2 rings (SSSR count). The van der Waals surface area contributed by atoms with Crippen LogP contribution in [0.2, 0.25) is 0 Å². The van der Waals surface area contributed by atoms with Crippen LogP contribution in [0.3, 0.4) is 0 Å². The highest BCUT2D eigenvalue weighted by Gasteiger charge is 2.24. The largest absolute Gasteiger partial charge is 0.322 e. The minimum Gasteiger partial charge on any atom is -0.322 e. The lowest BCUT2D eigenvalue weighted by Crippen LogP contribution is -2.25. The molecular formula is C9H13N3O3. The van der Waals surface area contributed by atoms with Crippen molar-refractivity contribution in [3.8, 4) is 0 Å². The van der Waals surface area contributed by atoms with E-state index in [1.165, 1.54) is 0 Å². The molecule has 0 aromatic heterocycles. The summed E-state index contributed by atoms with van der Waals surface area (Å²) in [7, 11) is 0. The van der Waals surface area contributed by atoms with E-state index in [-0.39, 0.29) is 12.0 Å². The van der Waals surface area contributed by atoms with Crippen LogP contribution < -0.4 is 10.6 Å². The van der Waals surface area contributed by atoms with Gasteiger partial charge in [0.15, 0.2) is 0 Å². The Morgan fingerprint density at radius 2 is 2.47 bits per heavy atom. The average Bonchev–Trinajstić information content (AvgIpc) is 2.79. The topological polar surface area (TPSA) is 72.0 Å². The molecule has 15 heavy (non-hydrogen) atoms. The number of amides is 1. The van der Waals surface area contributed by atoms with Gasteiger partial charge in [-0.25, -0.2) is 9.78 Å². The summed E-state index contributed by atoms with van der Waals surface area (Å²) >= 11 is 0. The van der Waals surface area contributed by atoms with Crippen LogP contribution in [0.15, 0.2) is 16.8 Å². The molecule has 0 radical (unpaired) electrons. The molecule has 2 fully saturated rings. The maximum atomic E-state index is 11.4. The highest BCUT2D eigenvalue weighted by molar-refractivity contribution is 6.13. The van der Waals surface area contributed by atoms with Gasteiger partial charge in [-0.05, 0) is 13.0 Å². The third-order valence-corrected chi connectivity index (χ3v) is 2.08. The first-order valence-corrected chi connectivity index (χ1v) is 4.92. The summed E-state index contributed by atoms with van der Waals surface area (Å²) in [5, 5.41) is 5.50. The first-order valence-electron chi connectivity index (χ1n) is 4.92. The molecule has 2 heterocycles. The van der Waals surface area contributed by atoms with Crippen molar-refractivity contribution in [1.82, 2.24) is 10.6 Å². The van der Waals surface area contributed by atoms with Crippen molar-refractivity contribution < 1.29 is 14.6 Å². The van der Waals surface area contributed by atoms with Gasteiger partial charge in [-0.2, -0.15) is 0 Å². The highest BCUT2D eigenvalue weighted by Crippen LogP contribution is 2.12. The van der Waals surface area contributed by atoms with Gasteiger partial charge in [0.1, 0.15) is 11.8 Å².